The number of benzene rings is 2. The normalized spacial score (nSPS) is 11.1. The van der Waals surface area contributed by atoms with Crippen LogP contribution in [0.15, 0.2) is 51.8 Å². The third-order valence-corrected chi connectivity index (χ3v) is 4.49. The van der Waals surface area contributed by atoms with E-state index in [0.29, 0.717) is 17.1 Å². The summed E-state index contributed by atoms with van der Waals surface area (Å²) in [4.78, 5) is 0.388. The SMILES string of the molecule is CS(=O)(=O)c1cccc(Oc2ccc(Br)cc2C(N)=S)c1. The van der Waals surface area contributed by atoms with E-state index in [0.717, 1.165) is 10.7 Å². The summed E-state index contributed by atoms with van der Waals surface area (Å²) >= 11 is 8.33. The Labute approximate surface area is 137 Å². The number of hydrogen-bond donors (Lipinski definition) is 1. The minimum absolute atomic E-state index is 0.189. The fourth-order valence-corrected chi connectivity index (χ4v) is 2.86. The molecule has 2 aromatic carbocycles. The molecule has 0 saturated heterocycles. The number of hydrogen-bond acceptors (Lipinski definition) is 4. The van der Waals surface area contributed by atoms with Crippen molar-refractivity contribution in [3.8, 4) is 11.5 Å². The predicted molar refractivity (Wildman–Crippen MR) is 89.7 cm³/mol. The van der Waals surface area contributed by atoms with Gasteiger partial charge in [0.15, 0.2) is 9.84 Å². The van der Waals surface area contributed by atoms with Crippen molar-refractivity contribution in [1.29, 1.82) is 0 Å². The van der Waals surface area contributed by atoms with Crippen LogP contribution < -0.4 is 10.5 Å². The highest BCUT2D eigenvalue weighted by molar-refractivity contribution is 9.10. The Morgan fingerprint density at radius 3 is 2.57 bits per heavy atom. The molecule has 0 amide bonds. The molecular formula is C14H12BrNO3S2. The molecule has 0 saturated carbocycles. The number of halogens is 1. The van der Waals surface area contributed by atoms with Gasteiger partial charge in [-0.2, -0.15) is 0 Å². The molecule has 0 heterocycles. The first-order chi connectivity index (χ1) is 9.77. The Balaban J connectivity index is 2.41. The van der Waals surface area contributed by atoms with Crippen LogP contribution in [0, 0.1) is 0 Å². The quantitative estimate of drug-likeness (QED) is 0.817. The van der Waals surface area contributed by atoms with Gasteiger partial charge in [0.1, 0.15) is 16.5 Å². The van der Waals surface area contributed by atoms with Crippen molar-refractivity contribution in [3.63, 3.8) is 0 Å². The largest absolute Gasteiger partial charge is 0.457 e. The third kappa shape index (κ3) is 4.03. The zero-order valence-corrected chi connectivity index (χ0v) is 14.3. The lowest BCUT2D eigenvalue weighted by Crippen LogP contribution is -2.10. The molecule has 0 bridgehead atoms. The second-order valence-corrected chi connectivity index (χ2v) is 7.73. The molecule has 0 unspecified atom stereocenters. The van der Waals surface area contributed by atoms with Crippen LogP contribution in [0.5, 0.6) is 11.5 Å². The van der Waals surface area contributed by atoms with E-state index < -0.39 is 9.84 Å². The number of ether oxygens (including phenoxy) is 1. The summed E-state index contributed by atoms with van der Waals surface area (Å²) in [7, 11) is -3.29. The van der Waals surface area contributed by atoms with Gasteiger partial charge in [-0.1, -0.05) is 34.2 Å². The molecule has 4 nitrogen and oxygen atoms in total. The highest BCUT2D eigenvalue weighted by Crippen LogP contribution is 2.29. The zero-order chi connectivity index (χ0) is 15.6. The van der Waals surface area contributed by atoms with E-state index in [2.05, 4.69) is 15.9 Å². The van der Waals surface area contributed by atoms with Crippen LogP contribution in [0.1, 0.15) is 5.56 Å². The molecule has 0 atom stereocenters. The lowest BCUT2D eigenvalue weighted by Gasteiger charge is -2.11. The van der Waals surface area contributed by atoms with Crippen molar-refractivity contribution in [2.75, 3.05) is 6.26 Å². The maximum Gasteiger partial charge on any atom is 0.175 e. The molecule has 2 aromatic rings. The zero-order valence-electron chi connectivity index (χ0n) is 11.0. The molecule has 0 radical (unpaired) electrons. The maximum absolute atomic E-state index is 11.6. The lowest BCUT2D eigenvalue weighted by molar-refractivity contribution is 0.479. The van der Waals surface area contributed by atoms with E-state index in [4.69, 9.17) is 22.7 Å². The minimum atomic E-state index is -3.29. The number of sulfone groups is 1. The van der Waals surface area contributed by atoms with Crippen LogP contribution in [-0.2, 0) is 9.84 Å². The summed E-state index contributed by atoms with van der Waals surface area (Å²) in [5.41, 5.74) is 6.24. The molecule has 0 fully saturated rings. The van der Waals surface area contributed by atoms with Crippen molar-refractivity contribution in [3.05, 3.63) is 52.5 Å². The summed E-state index contributed by atoms with van der Waals surface area (Å²) in [5.74, 6) is 0.870. The summed E-state index contributed by atoms with van der Waals surface area (Å²) in [6, 6.07) is 11.5. The monoisotopic (exact) mass is 385 g/mol. The Morgan fingerprint density at radius 1 is 1.24 bits per heavy atom. The Bertz CT molecular complexity index is 804. The number of rotatable bonds is 4. The summed E-state index contributed by atoms with van der Waals surface area (Å²) in [5, 5.41) is 0. The molecule has 0 aliphatic rings. The van der Waals surface area contributed by atoms with Crippen LogP contribution in [0.25, 0.3) is 0 Å². The molecule has 0 aliphatic heterocycles. The van der Waals surface area contributed by atoms with Gasteiger partial charge in [0.2, 0.25) is 0 Å². The average molecular weight is 386 g/mol. The van der Waals surface area contributed by atoms with E-state index in [1.54, 1.807) is 30.3 Å². The van der Waals surface area contributed by atoms with Crippen molar-refractivity contribution in [2.24, 2.45) is 5.73 Å². The van der Waals surface area contributed by atoms with Gasteiger partial charge in [0.05, 0.1) is 10.5 Å². The highest BCUT2D eigenvalue weighted by atomic mass is 79.9. The van der Waals surface area contributed by atoms with Crippen molar-refractivity contribution < 1.29 is 13.2 Å². The topological polar surface area (TPSA) is 69.4 Å². The van der Waals surface area contributed by atoms with Gasteiger partial charge < -0.3 is 10.5 Å². The van der Waals surface area contributed by atoms with Gasteiger partial charge >= 0.3 is 0 Å². The average Bonchev–Trinajstić information content (AvgIpc) is 2.40. The van der Waals surface area contributed by atoms with Crippen molar-refractivity contribution in [2.45, 2.75) is 4.90 Å². The van der Waals surface area contributed by atoms with Gasteiger partial charge in [-0.15, -0.1) is 0 Å². The summed E-state index contributed by atoms with van der Waals surface area (Å²) in [6.07, 6.45) is 1.15. The van der Waals surface area contributed by atoms with Crippen molar-refractivity contribution in [1.82, 2.24) is 0 Å². The standard InChI is InChI=1S/C14H12BrNO3S2/c1-21(17,18)11-4-2-3-10(8-11)19-13-6-5-9(15)7-12(13)14(16)20/h2-8H,1H3,(H2,16,20). The van der Waals surface area contributed by atoms with Crippen molar-refractivity contribution >= 4 is 43.0 Å². The smallest absolute Gasteiger partial charge is 0.175 e. The fourth-order valence-electron chi connectivity index (χ4n) is 1.68. The van der Waals surface area contributed by atoms with Gasteiger partial charge in [-0.05, 0) is 36.4 Å². The number of thiocarbonyl (C=S) groups is 1. The highest BCUT2D eigenvalue weighted by Gasteiger charge is 2.11. The van der Waals surface area contributed by atoms with E-state index in [9.17, 15) is 8.42 Å². The molecule has 0 aromatic heterocycles. The Hall–Kier alpha value is -1.44. The summed E-state index contributed by atoms with van der Waals surface area (Å²) < 4.78 is 29.6. The van der Waals surface area contributed by atoms with E-state index in [1.165, 1.54) is 12.1 Å². The minimum Gasteiger partial charge on any atom is -0.457 e. The Kier molecular flexibility index (Phi) is 4.65. The molecule has 110 valence electrons. The van der Waals surface area contributed by atoms with Gasteiger partial charge in [0.25, 0.3) is 0 Å². The number of nitrogens with two attached hydrogens (primary N) is 1. The van der Waals surface area contributed by atoms with Gasteiger partial charge in [0, 0.05) is 10.7 Å². The van der Waals surface area contributed by atoms with E-state index in [1.807, 2.05) is 0 Å². The van der Waals surface area contributed by atoms with E-state index in [-0.39, 0.29) is 9.88 Å². The molecule has 0 aliphatic carbocycles. The first kappa shape index (κ1) is 15.9. The first-order valence-electron chi connectivity index (χ1n) is 5.85. The maximum atomic E-state index is 11.6. The molecule has 7 heteroatoms. The third-order valence-electron chi connectivity index (χ3n) is 2.67. The molecule has 2 N–H and O–H groups in total. The second kappa shape index (κ2) is 6.13. The van der Waals surface area contributed by atoms with Crippen LogP contribution >= 0.6 is 28.1 Å². The van der Waals surface area contributed by atoms with Gasteiger partial charge in [-0.3, -0.25) is 0 Å². The van der Waals surface area contributed by atoms with Crippen LogP contribution in [-0.4, -0.2) is 19.7 Å². The second-order valence-electron chi connectivity index (χ2n) is 4.35. The van der Waals surface area contributed by atoms with Crippen LogP contribution in [0.4, 0.5) is 0 Å². The van der Waals surface area contributed by atoms with E-state index >= 15 is 0 Å². The van der Waals surface area contributed by atoms with Crippen LogP contribution in [0.2, 0.25) is 0 Å². The molecule has 2 rings (SSSR count). The van der Waals surface area contributed by atoms with Crippen LogP contribution in [0.3, 0.4) is 0 Å². The molecule has 0 spiro atoms. The molecular weight excluding hydrogens is 374 g/mol. The predicted octanol–water partition coefficient (Wildman–Crippen LogP) is 3.28. The first-order valence-corrected chi connectivity index (χ1v) is 8.94. The molecule has 21 heavy (non-hydrogen) atoms. The fraction of sp³-hybridized carbons (Fsp3) is 0.0714. The lowest BCUT2D eigenvalue weighted by atomic mass is 10.2. The summed E-state index contributed by atoms with van der Waals surface area (Å²) in [6.45, 7) is 0. The Morgan fingerprint density at radius 2 is 1.95 bits per heavy atom. The van der Waals surface area contributed by atoms with Gasteiger partial charge in [-0.25, -0.2) is 8.42 Å².